The first-order chi connectivity index (χ1) is 11.0. The highest BCUT2D eigenvalue weighted by Gasteiger charge is 2.37. The van der Waals surface area contributed by atoms with Gasteiger partial charge in [0.1, 0.15) is 18.1 Å². The van der Waals surface area contributed by atoms with E-state index in [9.17, 15) is 4.79 Å². The SMILES string of the molecule is COc1ccc(COC(CC=CC=O)C2COC(C)(C)O2)cc1. The van der Waals surface area contributed by atoms with E-state index in [0.29, 0.717) is 19.6 Å². The summed E-state index contributed by atoms with van der Waals surface area (Å²) in [5.74, 6) is 0.217. The maximum Gasteiger partial charge on any atom is 0.163 e. The fourth-order valence-electron chi connectivity index (χ4n) is 2.42. The summed E-state index contributed by atoms with van der Waals surface area (Å²) in [5.41, 5.74) is 1.05. The highest BCUT2D eigenvalue weighted by molar-refractivity contribution is 5.64. The molecule has 5 nitrogen and oxygen atoms in total. The molecule has 2 atom stereocenters. The van der Waals surface area contributed by atoms with Crippen LogP contribution >= 0.6 is 0 Å². The molecule has 1 aromatic rings. The molecule has 23 heavy (non-hydrogen) atoms. The van der Waals surface area contributed by atoms with E-state index < -0.39 is 5.79 Å². The first-order valence-electron chi connectivity index (χ1n) is 7.70. The molecular weight excluding hydrogens is 296 g/mol. The van der Waals surface area contributed by atoms with Gasteiger partial charge in [-0.3, -0.25) is 4.79 Å². The molecule has 0 N–H and O–H groups in total. The Labute approximate surface area is 137 Å². The molecular formula is C18H24O5. The van der Waals surface area contributed by atoms with Crippen molar-refractivity contribution in [2.45, 2.75) is 44.9 Å². The smallest absolute Gasteiger partial charge is 0.163 e. The zero-order chi connectivity index (χ0) is 16.7. The van der Waals surface area contributed by atoms with Crippen molar-refractivity contribution in [1.82, 2.24) is 0 Å². The van der Waals surface area contributed by atoms with Crippen molar-refractivity contribution >= 4 is 6.29 Å². The highest BCUT2D eigenvalue weighted by Crippen LogP contribution is 2.27. The van der Waals surface area contributed by atoms with Gasteiger partial charge in [0, 0.05) is 0 Å². The topological polar surface area (TPSA) is 54.0 Å². The molecule has 1 aromatic carbocycles. The Morgan fingerprint density at radius 3 is 2.65 bits per heavy atom. The minimum absolute atomic E-state index is 0.153. The van der Waals surface area contributed by atoms with E-state index in [1.807, 2.05) is 38.1 Å². The van der Waals surface area contributed by atoms with Crippen molar-refractivity contribution in [1.29, 1.82) is 0 Å². The lowest BCUT2D eigenvalue weighted by molar-refractivity contribution is -0.157. The van der Waals surface area contributed by atoms with Gasteiger partial charge in [-0.25, -0.2) is 0 Å². The maximum absolute atomic E-state index is 10.5. The Morgan fingerprint density at radius 2 is 2.09 bits per heavy atom. The number of methoxy groups -OCH3 is 1. The number of hydrogen-bond donors (Lipinski definition) is 0. The van der Waals surface area contributed by atoms with Gasteiger partial charge in [-0.05, 0) is 44.0 Å². The summed E-state index contributed by atoms with van der Waals surface area (Å²) in [5, 5.41) is 0. The maximum atomic E-state index is 10.5. The number of benzene rings is 1. The molecule has 0 bridgehead atoms. The lowest BCUT2D eigenvalue weighted by Gasteiger charge is -2.23. The first kappa shape index (κ1) is 17.7. The molecule has 1 fully saturated rings. The zero-order valence-electron chi connectivity index (χ0n) is 13.9. The Balaban J connectivity index is 1.96. The van der Waals surface area contributed by atoms with Crippen LogP contribution in [-0.4, -0.2) is 38.0 Å². The lowest BCUT2D eigenvalue weighted by Crippen LogP contribution is -2.32. The fraction of sp³-hybridized carbons (Fsp3) is 0.500. The van der Waals surface area contributed by atoms with Crippen molar-refractivity contribution in [3.8, 4) is 5.75 Å². The molecule has 1 saturated heterocycles. The van der Waals surface area contributed by atoms with Gasteiger partial charge in [-0.1, -0.05) is 18.2 Å². The second-order valence-corrected chi connectivity index (χ2v) is 5.86. The van der Waals surface area contributed by atoms with Gasteiger partial charge in [0.05, 0.1) is 26.4 Å². The molecule has 0 aromatic heterocycles. The molecule has 1 aliphatic heterocycles. The number of aldehydes is 1. The number of allylic oxidation sites excluding steroid dienone is 1. The standard InChI is InChI=1S/C18H24O5/c1-18(2)22-13-17(23-18)16(6-4-5-11-19)21-12-14-7-9-15(20-3)10-8-14/h4-5,7-11,16-17H,6,12-13H2,1-3H3. The van der Waals surface area contributed by atoms with Crippen LogP contribution in [0.5, 0.6) is 5.75 Å². The van der Waals surface area contributed by atoms with Crippen molar-refractivity contribution in [2.24, 2.45) is 0 Å². The quantitative estimate of drug-likeness (QED) is 0.544. The van der Waals surface area contributed by atoms with Gasteiger partial charge in [0.15, 0.2) is 5.79 Å². The summed E-state index contributed by atoms with van der Waals surface area (Å²) in [6.45, 7) is 4.71. The van der Waals surface area contributed by atoms with Gasteiger partial charge >= 0.3 is 0 Å². The van der Waals surface area contributed by atoms with Gasteiger partial charge in [0.2, 0.25) is 0 Å². The second-order valence-electron chi connectivity index (χ2n) is 5.86. The predicted octanol–water partition coefficient (Wildman–Crippen LogP) is 2.88. The van der Waals surface area contributed by atoms with Crippen LogP contribution in [0.25, 0.3) is 0 Å². The van der Waals surface area contributed by atoms with Gasteiger partial charge in [-0.15, -0.1) is 0 Å². The Hall–Kier alpha value is -1.69. The third-order valence-electron chi connectivity index (χ3n) is 3.65. The van der Waals surface area contributed by atoms with Gasteiger partial charge in [0.25, 0.3) is 0 Å². The van der Waals surface area contributed by atoms with E-state index in [1.165, 1.54) is 6.08 Å². The summed E-state index contributed by atoms with van der Waals surface area (Å²) in [7, 11) is 1.64. The van der Waals surface area contributed by atoms with Crippen molar-refractivity contribution in [3.05, 3.63) is 42.0 Å². The third-order valence-corrected chi connectivity index (χ3v) is 3.65. The van der Waals surface area contributed by atoms with Crippen LogP contribution in [0.15, 0.2) is 36.4 Å². The molecule has 0 saturated carbocycles. The van der Waals surface area contributed by atoms with E-state index in [-0.39, 0.29) is 12.2 Å². The summed E-state index contributed by atoms with van der Waals surface area (Å²) in [4.78, 5) is 10.5. The number of hydrogen-bond acceptors (Lipinski definition) is 5. The monoisotopic (exact) mass is 320 g/mol. The predicted molar refractivity (Wildman–Crippen MR) is 86.3 cm³/mol. The van der Waals surface area contributed by atoms with Crippen LogP contribution in [0.1, 0.15) is 25.8 Å². The zero-order valence-corrected chi connectivity index (χ0v) is 13.9. The third kappa shape index (κ3) is 5.46. The summed E-state index contributed by atoms with van der Waals surface area (Å²) in [6, 6.07) is 7.73. The molecule has 0 amide bonds. The molecule has 5 heteroatoms. The Bertz CT molecular complexity index is 521. The summed E-state index contributed by atoms with van der Waals surface area (Å²) < 4.78 is 22.6. The van der Waals surface area contributed by atoms with Crippen LogP contribution in [0.3, 0.4) is 0 Å². The van der Waals surface area contributed by atoms with Crippen LogP contribution in [0.2, 0.25) is 0 Å². The molecule has 0 radical (unpaired) electrons. The van der Waals surface area contributed by atoms with E-state index in [0.717, 1.165) is 17.6 Å². The molecule has 0 spiro atoms. The molecule has 126 valence electrons. The minimum Gasteiger partial charge on any atom is -0.497 e. The highest BCUT2D eigenvalue weighted by atomic mass is 16.7. The minimum atomic E-state index is -0.596. The van der Waals surface area contributed by atoms with E-state index in [4.69, 9.17) is 18.9 Å². The van der Waals surface area contributed by atoms with Crippen LogP contribution in [0, 0.1) is 0 Å². The van der Waals surface area contributed by atoms with Crippen molar-refractivity contribution in [3.63, 3.8) is 0 Å². The number of carbonyl (C=O) groups is 1. The van der Waals surface area contributed by atoms with Crippen LogP contribution in [0.4, 0.5) is 0 Å². The van der Waals surface area contributed by atoms with Gasteiger partial charge in [-0.2, -0.15) is 0 Å². The number of rotatable bonds is 8. The van der Waals surface area contributed by atoms with Gasteiger partial charge < -0.3 is 18.9 Å². The van der Waals surface area contributed by atoms with E-state index >= 15 is 0 Å². The average molecular weight is 320 g/mol. The summed E-state index contributed by atoms with van der Waals surface area (Å²) in [6.07, 6.45) is 4.30. The molecule has 1 aliphatic rings. The average Bonchev–Trinajstić information content (AvgIpc) is 2.91. The Kier molecular flexibility index (Phi) is 6.33. The van der Waals surface area contributed by atoms with Crippen LogP contribution in [-0.2, 0) is 25.6 Å². The second kappa shape index (κ2) is 8.24. The number of carbonyl (C=O) groups excluding carboxylic acids is 1. The van der Waals surface area contributed by atoms with E-state index in [2.05, 4.69) is 0 Å². The molecule has 1 heterocycles. The summed E-state index contributed by atoms with van der Waals surface area (Å²) >= 11 is 0. The molecule has 2 rings (SSSR count). The fourth-order valence-corrected chi connectivity index (χ4v) is 2.42. The largest absolute Gasteiger partial charge is 0.497 e. The molecule has 0 aliphatic carbocycles. The van der Waals surface area contributed by atoms with Crippen LogP contribution < -0.4 is 4.74 Å². The number of ether oxygens (including phenoxy) is 4. The first-order valence-corrected chi connectivity index (χ1v) is 7.70. The van der Waals surface area contributed by atoms with E-state index in [1.54, 1.807) is 13.2 Å². The van der Waals surface area contributed by atoms with Crippen molar-refractivity contribution in [2.75, 3.05) is 13.7 Å². The van der Waals surface area contributed by atoms with Crippen molar-refractivity contribution < 1.29 is 23.7 Å². The molecule has 2 unspecified atom stereocenters. The normalized spacial score (nSPS) is 21.4. The lowest BCUT2D eigenvalue weighted by atomic mass is 10.1. The Morgan fingerprint density at radius 1 is 1.35 bits per heavy atom.